The second-order valence-corrected chi connectivity index (χ2v) is 5.22. The number of aliphatic hydroxyl groups excluding tert-OH is 1. The molecule has 4 nitrogen and oxygen atoms in total. The molecule has 100 valence electrons. The average molecular weight is 268 g/mol. The van der Waals surface area contributed by atoms with E-state index >= 15 is 0 Å². The number of aliphatic hydroxyl groups is 1. The Balaban J connectivity index is 3.31. The van der Waals surface area contributed by atoms with Crippen LogP contribution in [0.2, 0.25) is 0 Å². The molecule has 3 N–H and O–H groups in total. The monoisotopic (exact) mass is 268 g/mol. The minimum absolute atomic E-state index is 0.0253. The fourth-order valence-electron chi connectivity index (χ4n) is 1.56. The van der Waals surface area contributed by atoms with Crippen molar-refractivity contribution in [3.63, 3.8) is 0 Å². The molecule has 0 amide bonds. The number of anilines is 1. The molecule has 1 rings (SSSR count). The van der Waals surface area contributed by atoms with Crippen molar-refractivity contribution in [1.82, 2.24) is 0 Å². The number of benzene rings is 1. The molecule has 0 saturated heterocycles. The highest BCUT2D eigenvalue weighted by atomic mass is 32.1. The van der Waals surface area contributed by atoms with E-state index in [1.807, 2.05) is 44.0 Å². The molecule has 0 aliphatic rings. The molecule has 0 spiro atoms. The number of nitrogens with two attached hydrogens (primary N) is 1. The van der Waals surface area contributed by atoms with Gasteiger partial charge in [-0.3, -0.25) is 0 Å². The molecular weight excluding hydrogens is 248 g/mol. The van der Waals surface area contributed by atoms with Gasteiger partial charge in [-0.15, -0.1) is 0 Å². The minimum atomic E-state index is -0.411. The number of likely N-dealkylation sites (N-methyl/N-ethyl adjacent to an activating group) is 1. The highest BCUT2D eigenvalue weighted by Gasteiger charge is 2.25. The fourth-order valence-corrected chi connectivity index (χ4v) is 1.73. The van der Waals surface area contributed by atoms with Crippen LogP contribution in [0.25, 0.3) is 0 Å². The zero-order valence-electron chi connectivity index (χ0n) is 11.2. The van der Waals surface area contributed by atoms with E-state index < -0.39 is 5.54 Å². The number of hydrogen-bond donors (Lipinski definition) is 2. The SMILES string of the molecule is COc1ccc(C(N)=S)c(N(C)C(C)(C)CO)c1. The zero-order chi connectivity index (χ0) is 13.9. The third-order valence-electron chi connectivity index (χ3n) is 3.13. The molecule has 0 saturated carbocycles. The van der Waals surface area contributed by atoms with Gasteiger partial charge in [-0.25, -0.2) is 0 Å². The van der Waals surface area contributed by atoms with E-state index in [2.05, 4.69) is 0 Å². The summed E-state index contributed by atoms with van der Waals surface area (Å²) in [4.78, 5) is 2.28. The van der Waals surface area contributed by atoms with Crippen molar-refractivity contribution in [3.05, 3.63) is 23.8 Å². The molecule has 0 aliphatic heterocycles. The van der Waals surface area contributed by atoms with Crippen molar-refractivity contribution in [2.24, 2.45) is 5.73 Å². The van der Waals surface area contributed by atoms with Crippen LogP contribution in [0.3, 0.4) is 0 Å². The molecule has 5 heteroatoms. The van der Waals surface area contributed by atoms with E-state index in [0.717, 1.165) is 17.0 Å². The first-order valence-electron chi connectivity index (χ1n) is 5.66. The standard InChI is InChI=1S/C13H20N2O2S/c1-13(2,8-16)15(3)11-7-9(17-4)5-6-10(11)12(14)18/h5-7,16H,8H2,1-4H3,(H2,14,18). The number of rotatable bonds is 5. The Kier molecular flexibility index (Phi) is 4.53. The number of thiocarbonyl (C=S) groups is 1. The van der Waals surface area contributed by atoms with Crippen LogP contribution in [0.5, 0.6) is 5.75 Å². The number of hydrogen-bond acceptors (Lipinski definition) is 4. The highest BCUT2D eigenvalue weighted by Crippen LogP contribution is 2.29. The topological polar surface area (TPSA) is 58.7 Å². The Hall–Kier alpha value is -1.33. The van der Waals surface area contributed by atoms with Crippen LogP contribution < -0.4 is 15.4 Å². The third kappa shape index (κ3) is 2.91. The zero-order valence-corrected chi connectivity index (χ0v) is 12.0. The van der Waals surface area contributed by atoms with Crippen LogP contribution >= 0.6 is 12.2 Å². The van der Waals surface area contributed by atoms with Gasteiger partial charge >= 0.3 is 0 Å². The van der Waals surface area contributed by atoms with Crippen LogP contribution in [0, 0.1) is 0 Å². The lowest BCUT2D eigenvalue weighted by Gasteiger charge is -2.37. The molecule has 0 fully saturated rings. The summed E-state index contributed by atoms with van der Waals surface area (Å²) < 4.78 is 5.21. The van der Waals surface area contributed by atoms with Gasteiger partial charge in [-0.2, -0.15) is 0 Å². The van der Waals surface area contributed by atoms with Crippen LogP contribution in [-0.2, 0) is 0 Å². The lowest BCUT2D eigenvalue weighted by Crippen LogP contribution is -2.45. The molecule has 0 atom stereocenters. The Morgan fingerprint density at radius 1 is 1.50 bits per heavy atom. The first-order chi connectivity index (χ1) is 8.33. The van der Waals surface area contributed by atoms with Crippen molar-refractivity contribution in [2.45, 2.75) is 19.4 Å². The minimum Gasteiger partial charge on any atom is -0.497 e. The molecule has 18 heavy (non-hydrogen) atoms. The fraction of sp³-hybridized carbons (Fsp3) is 0.462. The lowest BCUT2D eigenvalue weighted by atomic mass is 10.0. The van der Waals surface area contributed by atoms with Crippen molar-refractivity contribution in [2.75, 3.05) is 25.7 Å². The Morgan fingerprint density at radius 2 is 2.11 bits per heavy atom. The van der Waals surface area contributed by atoms with Gasteiger partial charge in [-0.05, 0) is 26.0 Å². The smallest absolute Gasteiger partial charge is 0.120 e. The van der Waals surface area contributed by atoms with Crippen molar-refractivity contribution >= 4 is 22.9 Å². The van der Waals surface area contributed by atoms with Crippen LogP contribution in [-0.4, -0.2) is 36.4 Å². The van der Waals surface area contributed by atoms with E-state index in [4.69, 9.17) is 22.7 Å². The number of methoxy groups -OCH3 is 1. The predicted molar refractivity (Wildman–Crippen MR) is 78.4 cm³/mol. The summed E-state index contributed by atoms with van der Waals surface area (Å²) >= 11 is 5.06. The van der Waals surface area contributed by atoms with E-state index in [0.29, 0.717) is 4.99 Å². The third-order valence-corrected chi connectivity index (χ3v) is 3.35. The molecular formula is C13H20N2O2S. The Bertz CT molecular complexity index is 447. The Morgan fingerprint density at radius 3 is 2.56 bits per heavy atom. The molecule has 0 radical (unpaired) electrons. The number of nitrogens with zero attached hydrogens (tertiary/aromatic N) is 1. The van der Waals surface area contributed by atoms with Gasteiger partial charge in [0.15, 0.2) is 0 Å². The molecule has 0 bridgehead atoms. The van der Waals surface area contributed by atoms with Crippen molar-refractivity contribution < 1.29 is 9.84 Å². The van der Waals surface area contributed by atoms with Gasteiger partial charge in [0.2, 0.25) is 0 Å². The van der Waals surface area contributed by atoms with E-state index in [-0.39, 0.29) is 6.61 Å². The molecule has 1 aromatic carbocycles. The van der Waals surface area contributed by atoms with Gasteiger partial charge in [0.1, 0.15) is 10.7 Å². The van der Waals surface area contributed by atoms with E-state index in [1.54, 1.807) is 7.11 Å². The largest absolute Gasteiger partial charge is 0.497 e. The van der Waals surface area contributed by atoms with Gasteiger partial charge in [-0.1, -0.05) is 12.2 Å². The number of ether oxygens (including phenoxy) is 1. The van der Waals surface area contributed by atoms with Gasteiger partial charge < -0.3 is 20.5 Å². The maximum Gasteiger partial charge on any atom is 0.120 e. The maximum absolute atomic E-state index is 9.44. The average Bonchev–Trinajstić information content (AvgIpc) is 2.36. The summed E-state index contributed by atoms with van der Waals surface area (Å²) in [7, 11) is 3.50. The molecule has 0 heterocycles. The van der Waals surface area contributed by atoms with Gasteiger partial charge in [0.05, 0.1) is 24.9 Å². The summed E-state index contributed by atoms with van der Waals surface area (Å²) in [5.41, 5.74) is 6.94. The lowest BCUT2D eigenvalue weighted by molar-refractivity contribution is 0.216. The summed E-state index contributed by atoms with van der Waals surface area (Å²) in [6.07, 6.45) is 0. The van der Waals surface area contributed by atoms with Crippen molar-refractivity contribution in [1.29, 1.82) is 0 Å². The molecule has 0 aliphatic carbocycles. The quantitative estimate of drug-likeness (QED) is 0.793. The van der Waals surface area contributed by atoms with Crippen molar-refractivity contribution in [3.8, 4) is 5.75 Å². The van der Waals surface area contributed by atoms with Crippen LogP contribution in [0.15, 0.2) is 18.2 Å². The van der Waals surface area contributed by atoms with Gasteiger partial charge in [0.25, 0.3) is 0 Å². The normalized spacial score (nSPS) is 11.2. The van der Waals surface area contributed by atoms with Crippen LogP contribution in [0.1, 0.15) is 19.4 Å². The van der Waals surface area contributed by atoms with E-state index in [1.165, 1.54) is 0 Å². The highest BCUT2D eigenvalue weighted by molar-refractivity contribution is 7.80. The van der Waals surface area contributed by atoms with E-state index in [9.17, 15) is 5.11 Å². The first kappa shape index (κ1) is 14.7. The predicted octanol–water partition coefficient (Wildman–Crippen LogP) is 1.54. The molecule has 0 aromatic heterocycles. The summed E-state index contributed by atoms with van der Waals surface area (Å²) in [6.45, 7) is 3.91. The Labute approximate surface area is 113 Å². The second kappa shape index (κ2) is 5.54. The maximum atomic E-state index is 9.44. The molecule has 1 aromatic rings. The summed E-state index contributed by atoms with van der Waals surface area (Å²) in [5, 5.41) is 9.44. The van der Waals surface area contributed by atoms with Gasteiger partial charge in [0, 0.05) is 18.7 Å². The molecule has 0 unspecified atom stereocenters. The summed E-state index contributed by atoms with van der Waals surface area (Å²) in [5.74, 6) is 0.727. The summed E-state index contributed by atoms with van der Waals surface area (Å²) in [6, 6.07) is 5.52. The second-order valence-electron chi connectivity index (χ2n) is 4.78. The first-order valence-corrected chi connectivity index (χ1v) is 6.07. The van der Waals surface area contributed by atoms with Crippen LogP contribution in [0.4, 0.5) is 5.69 Å².